The van der Waals surface area contributed by atoms with Crippen LogP contribution >= 0.6 is 0 Å². The van der Waals surface area contributed by atoms with Crippen molar-refractivity contribution in [2.45, 2.75) is 40.3 Å². The average molecular weight is 328 g/mol. The fourth-order valence-electron chi connectivity index (χ4n) is 1.84. The molecule has 0 radical (unpaired) electrons. The van der Waals surface area contributed by atoms with E-state index in [0.717, 1.165) is 5.56 Å². The SMILES string of the molecule is CCNC(=O)N(Cc1cccc(OS(=O)(=O)CC)c1)C(C)C. The first-order valence-corrected chi connectivity index (χ1v) is 8.92. The van der Waals surface area contributed by atoms with Crippen molar-refractivity contribution < 1.29 is 17.4 Å². The smallest absolute Gasteiger partial charge is 0.317 e. The third-order valence-corrected chi connectivity index (χ3v) is 4.19. The van der Waals surface area contributed by atoms with Crippen LogP contribution in [0.5, 0.6) is 5.75 Å². The Hall–Kier alpha value is -1.76. The molecule has 1 rings (SSSR count). The number of nitrogens with one attached hydrogen (secondary N) is 1. The van der Waals surface area contributed by atoms with E-state index in [4.69, 9.17) is 4.18 Å². The Morgan fingerprint density at radius 2 is 2.00 bits per heavy atom. The van der Waals surface area contributed by atoms with Crippen LogP contribution < -0.4 is 9.50 Å². The Balaban J connectivity index is 2.90. The maximum atomic E-state index is 12.0. The summed E-state index contributed by atoms with van der Waals surface area (Å²) in [5, 5.41) is 2.77. The van der Waals surface area contributed by atoms with Crippen LogP contribution in [0, 0.1) is 0 Å². The minimum absolute atomic E-state index is 0.0236. The topological polar surface area (TPSA) is 75.7 Å². The quantitative estimate of drug-likeness (QED) is 0.780. The number of urea groups is 1. The largest absolute Gasteiger partial charge is 0.382 e. The van der Waals surface area contributed by atoms with Gasteiger partial charge in [-0.25, -0.2) is 4.79 Å². The molecule has 0 aliphatic heterocycles. The number of hydrogen-bond acceptors (Lipinski definition) is 4. The maximum Gasteiger partial charge on any atom is 0.317 e. The molecule has 0 saturated heterocycles. The molecule has 0 heterocycles. The van der Waals surface area contributed by atoms with Crippen LogP contribution in [0.15, 0.2) is 24.3 Å². The van der Waals surface area contributed by atoms with Gasteiger partial charge in [0.05, 0.1) is 5.75 Å². The lowest BCUT2D eigenvalue weighted by atomic mass is 10.2. The van der Waals surface area contributed by atoms with Gasteiger partial charge < -0.3 is 14.4 Å². The van der Waals surface area contributed by atoms with E-state index in [9.17, 15) is 13.2 Å². The van der Waals surface area contributed by atoms with Crippen LogP contribution in [0.25, 0.3) is 0 Å². The summed E-state index contributed by atoms with van der Waals surface area (Å²) in [6.07, 6.45) is 0. The highest BCUT2D eigenvalue weighted by molar-refractivity contribution is 7.87. The molecule has 0 spiro atoms. The van der Waals surface area contributed by atoms with Crippen LogP contribution in [0.3, 0.4) is 0 Å². The van der Waals surface area contributed by atoms with Gasteiger partial charge in [-0.2, -0.15) is 8.42 Å². The Morgan fingerprint density at radius 3 is 2.55 bits per heavy atom. The number of carbonyl (C=O) groups is 1. The molecule has 0 aliphatic rings. The number of hydrogen-bond donors (Lipinski definition) is 1. The minimum atomic E-state index is -3.55. The first-order chi connectivity index (χ1) is 10.3. The zero-order valence-electron chi connectivity index (χ0n) is 13.5. The minimum Gasteiger partial charge on any atom is -0.382 e. The van der Waals surface area contributed by atoms with Crippen molar-refractivity contribution in [1.29, 1.82) is 0 Å². The van der Waals surface area contributed by atoms with Gasteiger partial charge in [0.25, 0.3) is 0 Å². The number of benzene rings is 1. The van der Waals surface area contributed by atoms with E-state index < -0.39 is 10.1 Å². The van der Waals surface area contributed by atoms with Crippen LogP contribution in [0.2, 0.25) is 0 Å². The summed E-state index contributed by atoms with van der Waals surface area (Å²) in [6, 6.07) is 6.65. The van der Waals surface area contributed by atoms with Crippen molar-refractivity contribution in [3.05, 3.63) is 29.8 Å². The number of nitrogens with zero attached hydrogens (tertiary/aromatic N) is 1. The number of carbonyl (C=O) groups excluding carboxylic acids is 1. The van der Waals surface area contributed by atoms with Gasteiger partial charge in [-0.3, -0.25) is 0 Å². The summed E-state index contributed by atoms with van der Waals surface area (Å²) in [6.45, 7) is 8.18. The fourth-order valence-corrected chi connectivity index (χ4v) is 2.35. The van der Waals surface area contributed by atoms with Gasteiger partial charge in [0.2, 0.25) is 0 Å². The fraction of sp³-hybridized carbons (Fsp3) is 0.533. The van der Waals surface area contributed by atoms with Crippen LogP contribution in [0.4, 0.5) is 4.79 Å². The summed E-state index contributed by atoms with van der Waals surface area (Å²) >= 11 is 0. The Kier molecular flexibility index (Phi) is 6.67. The van der Waals surface area contributed by atoms with Crippen molar-refractivity contribution in [3.63, 3.8) is 0 Å². The Labute approximate surface area is 132 Å². The molecule has 0 bridgehead atoms. The van der Waals surface area contributed by atoms with Crippen molar-refractivity contribution in [3.8, 4) is 5.75 Å². The number of amides is 2. The molecule has 0 atom stereocenters. The van der Waals surface area contributed by atoms with E-state index in [1.807, 2.05) is 26.8 Å². The second-order valence-electron chi connectivity index (χ2n) is 5.13. The lowest BCUT2D eigenvalue weighted by Gasteiger charge is -2.27. The van der Waals surface area contributed by atoms with E-state index >= 15 is 0 Å². The monoisotopic (exact) mass is 328 g/mol. The molecular weight excluding hydrogens is 304 g/mol. The van der Waals surface area contributed by atoms with Crippen LogP contribution in [0.1, 0.15) is 33.3 Å². The first kappa shape index (κ1) is 18.3. The predicted molar refractivity (Wildman–Crippen MR) is 86.3 cm³/mol. The normalized spacial score (nSPS) is 11.3. The third-order valence-electron chi connectivity index (χ3n) is 3.04. The number of rotatable bonds is 7. The molecule has 0 fully saturated rings. The summed E-state index contributed by atoms with van der Waals surface area (Å²) in [5.74, 6) is 0.174. The van der Waals surface area contributed by atoms with Gasteiger partial charge in [0.1, 0.15) is 5.75 Å². The molecule has 0 saturated carbocycles. The van der Waals surface area contributed by atoms with E-state index in [2.05, 4.69) is 5.32 Å². The maximum absolute atomic E-state index is 12.0. The highest BCUT2D eigenvalue weighted by Gasteiger charge is 2.17. The van der Waals surface area contributed by atoms with Crippen molar-refractivity contribution >= 4 is 16.1 Å². The average Bonchev–Trinajstić information content (AvgIpc) is 2.44. The standard InChI is InChI=1S/C15H24N2O4S/c1-5-16-15(18)17(12(3)4)11-13-8-7-9-14(10-13)21-22(19,20)6-2/h7-10,12H,5-6,11H2,1-4H3,(H,16,18). The lowest BCUT2D eigenvalue weighted by molar-refractivity contribution is 0.180. The van der Waals surface area contributed by atoms with E-state index in [-0.39, 0.29) is 23.6 Å². The summed E-state index contributed by atoms with van der Waals surface area (Å²) in [7, 11) is -3.55. The van der Waals surface area contributed by atoms with E-state index in [1.165, 1.54) is 6.92 Å². The van der Waals surface area contributed by atoms with Crippen LogP contribution in [-0.2, 0) is 16.7 Å². The lowest BCUT2D eigenvalue weighted by Crippen LogP contribution is -2.43. The Bertz CT molecular complexity index is 599. The summed E-state index contributed by atoms with van der Waals surface area (Å²) in [5.41, 5.74) is 0.809. The van der Waals surface area contributed by atoms with E-state index in [1.54, 1.807) is 23.1 Å². The van der Waals surface area contributed by atoms with Gasteiger partial charge in [-0.05, 0) is 45.4 Å². The third kappa shape index (κ3) is 5.55. The van der Waals surface area contributed by atoms with Gasteiger partial charge in [0.15, 0.2) is 0 Å². The summed E-state index contributed by atoms with van der Waals surface area (Å²) < 4.78 is 28.0. The predicted octanol–water partition coefficient (Wildman–Crippen LogP) is 2.36. The second kappa shape index (κ2) is 8.03. The molecule has 6 nitrogen and oxygen atoms in total. The Morgan fingerprint density at radius 1 is 1.32 bits per heavy atom. The zero-order valence-corrected chi connectivity index (χ0v) is 14.3. The zero-order chi connectivity index (χ0) is 16.8. The molecule has 1 aromatic rings. The van der Waals surface area contributed by atoms with Crippen LogP contribution in [-0.4, -0.2) is 37.7 Å². The van der Waals surface area contributed by atoms with Crippen molar-refractivity contribution in [1.82, 2.24) is 10.2 Å². The highest BCUT2D eigenvalue weighted by atomic mass is 32.2. The van der Waals surface area contributed by atoms with Crippen molar-refractivity contribution in [2.75, 3.05) is 12.3 Å². The molecule has 7 heteroatoms. The van der Waals surface area contributed by atoms with Crippen molar-refractivity contribution in [2.24, 2.45) is 0 Å². The second-order valence-corrected chi connectivity index (χ2v) is 6.99. The van der Waals surface area contributed by atoms with Gasteiger partial charge in [-0.1, -0.05) is 12.1 Å². The van der Waals surface area contributed by atoms with E-state index in [0.29, 0.717) is 13.1 Å². The molecule has 2 amide bonds. The summed E-state index contributed by atoms with van der Waals surface area (Å²) in [4.78, 5) is 13.7. The van der Waals surface area contributed by atoms with Gasteiger partial charge >= 0.3 is 16.1 Å². The molecule has 1 N–H and O–H groups in total. The first-order valence-electron chi connectivity index (χ1n) is 7.34. The molecule has 0 aromatic heterocycles. The molecule has 1 aromatic carbocycles. The van der Waals surface area contributed by atoms with Gasteiger partial charge in [0, 0.05) is 19.1 Å². The molecule has 124 valence electrons. The molecule has 0 aliphatic carbocycles. The molecular formula is C15H24N2O4S. The molecule has 22 heavy (non-hydrogen) atoms. The highest BCUT2D eigenvalue weighted by Crippen LogP contribution is 2.18. The molecule has 0 unspecified atom stereocenters. The van der Waals surface area contributed by atoms with Gasteiger partial charge in [-0.15, -0.1) is 0 Å².